The van der Waals surface area contributed by atoms with E-state index in [-0.39, 0.29) is 10.7 Å². The van der Waals surface area contributed by atoms with Gasteiger partial charge in [-0.2, -0.15) is 26.3 Å². The van der Waals surface area contributed by atoms with E-state index < -0.39 is 53.3 Å². The minimum absolute atomic E-state index is 0.0908. The molecule has 158 valence electrons. The Kier molecular flexibility index (Phi) is 6.82. The molecule has 0 saturated heterocycles. The standard InChI is InChI=1S/C16H12F6N2O4S/c17-15(18,19)9-23(7-11-2-1-5-28-11)14(25)8-29-13-4-3-10(16(20,21)22)6-12(13)24(26)27/h1-6H,7-9H2. The van der Waals surface area contributed by atoms with Gasteiger partial charge in [0, 0.05) is 6.07 Å². The van der Waals surface area contributed by atoms with Crippen molar-refractivity contribution in [1.29, 1.82) is 0 Å². The summed E-state index contributed by atoms with van der Waals surface area (Å²) in [4.78, 5) is 22.4. The molecule has 1 aromatic heterocycles. The van der Waals surface area contributed by atoms with Gasteiger partial charge in [-0.25, -0.2) is 0 Å². The van der Waals surface area contributed by atoms with Crippen molar-refractivity contribution in [2.24, 2.45) is 0 Å². The lowest BCUT2D eigenvalue weighted by molar-refractivity contribution is -0.388. The van der Waals surface area contributed by atoms with Crippen molar-refractivity contribution in [2.45, 2.75) is 23.8 Å². The van der Waals surface area contributed by atoms with Crippen molar-refractivity contribution >= 4 is 23.4 Å². The van der Waals surface area contributed by atoms with E-state index in [0.717, 1.165) is 6.07 Å². The number of carbonyl (C=O) groups is 1. The molecule has 0 atom stereocenters. The predicted molar refractivity (Wildman–Crippen MR) is 89.0 cm³/mol. The van der Waals surface area contributed by atoms with Gasteiger partial charge in [0.05, 0.1) is 33.9 Å². The van der Waals surface area contributed by atoms with Crippen molar-refractivity contribution in [3.8, 4) is 0 Å². The Labute approximate surface area is 163 Å². The smallest absolute Gasteiger partial charge is 0.416 e. The average Bonchev–Trinajstić information content (AvgIpc) is 3.09. The molecule has 6 nitrogen and oxygen atoms in total. The lowest BCUT2D eigenvalue weighted by Crippen LogP contribution is -2.39. The fraction of sp³-hybridized carbons (Fsp3) is 0.312. The van der Waals surface area contributed by atoms with Gasteiger partial charge in [0.25, 0.3) is 5.69 Å². The van der Waals surface area contributed by atoms with Crippen molar-refractivity contribution in [3.63, 3.8) is 0 Å². The lowest BCUT2D eigenvalue weighted by atomic mass is 10.2. The quantitative estimate of drug-likeness (QED) is 0.264. The normalized spacial score (nSPS) is 12.1. The second-order valence-electron chi connectivity index (χ2n) is 5.67. The Hall–Kier alpha value is -2.70. The highest BCUT2D eigenvalue weighted by Crippen LogP contribution is 2.36. The number of hydrogen-bond acceptors (Lipinski definition) is 5. The van der Waals surface area contributed by atoms with E-state index in [9.17, 15) is 41.3 Å². The Bertz CT molecular complexity index is 867. The van der Waals surface area contributed by atoms with Crippen LogP contribution in [0.15, 0.2) is 45.9 Å². The molecule has 0 N–H and O–H groups in total. The number of nitro benzene ring substituents is 1. The zero-order chi connectivity index (χ0) is 21.8. The predicted octanol–water partition coefficient (Wildman–Crippen LogP) is 4.89. The number of thioether (sulfide) groups is 1. The van der Waals surface area contributed by atoms with Gasteiger partial charge in [0.15, 0.2) is 0 Å². The largest absolute Gasteiger partial charge is 0.467 e. The fourth-order valence-electron chi connectivity index (χ4n) is 2.23. The molecule has 0 aliphatic heterocycles. The van der Waals surface area contributed by atoms with Crippen LogP contribution in [-0.2, 0) is 17.5 Å². The highest BCUT2D eigenvalue weighted by molar-refractivity contribution is 8.00. The van der Waals surface area contributed by atoms with Gasteiger partial charge < -0.3 is 9.32 Å². The Morgan fingerprint density at radius 2 is 1.86 bits per heavy atom. The molecule has 0 unspecified atom stereocenters. The second kappa shape index (κ2) is 8.76. The van der Waals surface area contributed by atoms with Crippen LogP contribution >= 0.6 is 11.8 Å². The van der Waals surface area contributed by atoms with Crippen LogP contribution in [0.5, 0.6) is 0 Å². The number of carbonyl (C=O) groups excluding carboxylic acids is 1. The Balaban J connectivity index is 2.17. The zero-order valence-corrected chi connectivity index (χ0v) is 15.1. The molecule has 2 aromatic rings. The molecule has 0 aliphatic rings. The van der Waals surface area contributed by atoms with Crippen LogP contribution in [0.3, 0.4) is 0 Å². The number of rotatable bonds is 7. The molecule has 0 spiro atoms. The van der Waals surface area contributed by atoms with Gasteiger partial charge in [0.2, 0.25) is 5.91 Å². The summed E-state index contributed by atoms with van der Waals surface area (Å²) in [5, 5.41) is 11.0. The van der Waals surface area contributed by atoms with Gasteiger partial charge in [-0.3, -0.25) is 14.9 Å². The number of benzene rings is 1. The van der Waals surface area contributed by atoms with E-state index in [4.69, 9.17) is 4.42 Å². The van der Waals surface area contributed by atoms with Crippen LogP contribution in [0.4, 0.5) is 32.0 Å². The van der Waals surface area contributed by atoms with E-state index in [1.54, 1.807) is 0 Å². The van der Waals surface area contributed by atoms with Gasteiger partial charge in [-0.15, -0.1) is 11.8 Å². The first kappa shape index (κ1) is 22.6. The minimum Gasteiger partial charge on any atom is -0.467 e. The van der Waals surface area contributed by atoms with Gasteiger partial charge in [-0.05, 0) is 24.3 Å². The molecule has 1 amide bonds. The number of alkyl halides is 6. The highest BCUT2D eigenvalue weighted by Gasteiger charge is 2.35. The number of nitrogens with zero attached hydrogens (tertiary/aromatic N) is 2. The van der Waals surface area contributed by atoms with E-state index >= 15 is 0 Å². The van der Waals surface area contributed by atoms with E-state index in [1.807, 2.05) is 0 Å². The highest BCUT2D eigenvalue weighted by atomic mass is 32.2. The summed E-state index contributed by atoms with van der Waals surface area (Å²) in [5.74, 6) is -1.57. The van der Waals surface area contributed by atoms with Crippen LogP contribution in [0.25, 0.3) is 0 Å². The van der Waals surface area contributed by atoms with Gasteiger partial charge in [-0.1, -0.05) is 0 Å². The van der Waals surface area contributed by atoms with Crippen LogP contribution in [0, 0.1) is 10.1 Å². The number of nitro groups is 1. The molecule has 0 bridgehead atoms. The monoisotopic (exact) mass is 442 g/mol. The zero-order valence-electron chi connectivity index (χ0n) is 14.3. The molecule has 2 rings (SSSR count). The number of halogens is 6. The topological polar surface area (TPSA) is 76.6 Å². The van der Waals surface area contributed by atoms with E-state index in [2.05, 4.69) is 0 Å². The van der Waals surface area contributed by atoms with Crippen LogP contribution in [0.1, 0.15) is 11.3 Å². The summed E-state index contributed by atoms with van der Waals surface area (Å²) < 4.78 is 81.3. The minimum atomic E-state index is -4.81. The lowest BCUT2D eigenvalue weighted by Gasteiger charge is -2.23. The first-order valence-electron chi connectivity index (χ1n) is 7.72. The van der Waals surface area contributed by atoms with Gasteiger partial charge >= 0.3 is 12.4 Å². The summed E-state index contributed by atoms with van der Waals surface area (Å²) in [6.07, 6.45) is -8.30. The first-order chi connectivity index (χ1) is 13.4. The van der Waals surface area contributed by atoms with Crippen molar-refractivity contribution < 1.29 is 40.5 Å². The molecule has 29 heavy (non-hydrogen) atoms. The van der Waals surface area contributed by atoms with Gasteiger partial charge in [0.1, 0.15) is 12.3 Å². The molecule has 0 saturated carbocycles. The van der Waals surface area contributed by atoms with E-state index in [0.29, 0.717) is 28.8 Å². The summed E-state index contributed by atoms with van der Waals surface area (Å²) in [7, 11) is 0. The number of furan rings is 1. The molecule has 0 radical (unpaired) electrons. The fourth-order valence-corrected chi connectivity index (χ4v) is 3.14. The van der Waals surface area contributed by atoms with Crippen molar-refractivity contribution in [1.82, 2.24) is 4.90 Å². The van der Waals surface area contributed by atoms with E-state index in [1.165, 1.54) is 18.4 Å². The first-order valence-corrected chi connectivity index (χ1v) is 8.71. The summed E-state index contributed by atoms with van der Waals surface area (Å²) >= 11 is 0.472. The Morgan fingerprint density at radius 1 is 1.17 bits per heavy atom. The maximum absolute atomic E-state index is 12.8. The van der Waals surface area contributed by atoms with Crippen LogP contribution in [-0.4, -0.2) is 34.2 Å². The summed E-state index contributed by atoms with van der Waals surface area (Å²) in [6.45, 7) is -2.07. The SMILES string of the molecule is O=C(CSc1ccc(C(F)(F)F)cc1[N+](=O)[O-])N(Cc1ccco1)CC(F)(F)F. The third-order valence-electron chi connectivity index (χ3n) is 3.48. The molecule has 13 heteroatoms. The molecular weight excluding hydrogens is 430 g/mol. The molecule has 1 heterocycles. The number of hydrogen-bond donors (Lipinski definition) is 0. The molecule has 0 fully saturated rings. The third-order valence-corrected chi connectivity index (χ3v) is 4.53. The van der Waals surface area contributed by atoms with Crippen molar-refractivity contribution in [3.05, 3.63) is 58.0 Å². The molecule has 0 aliphatic carbocycles. The maximum Gasteiger partial charge on any atom is 0.416 e. The average molecular weight is 442 g/mol. The Morgan fingerprint density at radius 3 is 2.38 bits per heavy atom. The van der Waals surface area contributed by atoms with Crippen LogP contribution < -0.4 is 0 Å². The second-order valence-corrected chi connectivity index (χ2v) is 6.69. The summed E-state index contributed by atoms with van der Waals surface area (Å²) in [6, 6.07) is 4.50. The third kappa shape index (κ3) is 6.69. The molecular formula is C16H12F6N2O4S. The summed E-state index contributed by atoms with van der Waals surface area (Å²) in [5.41, 5.74) is -2.15. The molecule has 1 aromatic carbocycles. The maximum atomic E-state index is 12.8. The number of amides is 1. The van der Waals surface area contributed by atoms with Crippen LogP contribution in [0.2, 0.25) is 0 Å². The van der Waals surface area contributed by atoms with Crippen molar-refractivity contribution in [2.75, 3.05) is 12.3 Å².